The second-order valence-electron chi connectivity index (χ2n) is 5.17. The van der Waals surface area contributed by atoms with Crippen molar-refractivity contribution < 1.29 is 4.79 Å². The molecule has 20 heavy (non-hydrogen) atoms. The molecule has 2 rings (SSSR count). The van der Waals surface area contributed by atoms with Crippen LogP contribution >= 0.6 is 0 Å². The van der Waals surface area contributed by atoms with Gasteiger partial charge in [0.15, 0.2) is 0 Å². The van der Waals surface area contributed by atoms with Gasteiger partial charge in [0.05, 0.1) is 6.20 Å². The lowest BCUT2D eigenvalue weighted by atomic mass is 9.98. The van der Waals surface area contributed by atoms with Crippen molar-refractivity contribution in [3.05, 3.63) is 53.9 Å². The maximum Gasteiger partial charge on any atom is 0.241 e. The van der Waals surface area contributed by atoms with E-state index in [1.54, 1.807) is 10.9 Å². The number of rotatable bonds is 6. The highest BCUT2D eigenvalue weighted by molar-refractivity contribution is 5.75. The highest BCUT2D eigenvalue weighted by atomic mass is 16.2. The van der Waals surface area contributed by atoms with Crippen molar-refractivity contribution in [3.63, 3.8) is 0 Å². The van der Waals surface area contributed by atoms with Gasteiger partial charge < -0.3 is 5.32 Å². The van der Waals surface area contributed by atoms with Gasteiger partial charge in [0.2, 0.25) is 5.91 Å². The van der Waals surface area contributed by atoms with E-state index in [9.17, 15) is 4.79 Å². The Labute approximate surface area is 119 Å². The number of aryl methyl sites for hydroxylation is 1. The summed E-state index contributed by atoms with van der Waals surface area (Å²) in [7, 11) is 0. The molecule has 0 fully saturated rings. The Hall–Kier alpha value is -2.10. The van der Waals surface area contributed by atoms with Crippen LogP contribution in [0.2, 0.25) is 0 Å². The standard InChI is InChI=1S/C16H21N3O/c1-13-10-18-19(11-13)12-16(20)17-9-8-14(2)15-6-4-3-5-7-15/h3-7,10-11,14H,8-9,12H2,1-2H3,(H,17,20). The van der Waals surface area contributed by atoms with Crippen LogP contribution in [-0.4, -0.2) is 22.2 Å². The molecule has 4 heteroatoms. The van der Waals surface area contributed by atoms with Gasteiger partial charge in [-0.2, -0.15) is 5.10 Å². The van der Waals surface area contributed by atoms with Gasteiger partial charge in [-0.25, -0.2) is 0 Å². The average Bonchev–Trinajstić information content (AvgIpc) is 2.85. The molecule has 0 bridgehead atoms. The van der Waals surface area contributed by atoms with E-state index < -0.39 is 0 Å². The molecule has 0 radical (unpaired) electrons. The van der Waals surface area contributed by atoms with Crippen LogP contribution in [0.15, 0.2) is 42.7 Å². The third kappa shape index (κ3) is 4.23. The van der Waals surface area contributed by atoms with Crippen molar-refractivity contribution in [2.24, 2.45) is 0 Å². The zero-order valence-corrected chi connectivity index (χ0v) is 12.0. The van der Waals surface area contributed by atoms with Crippen molar-refractivity contribution in [2.75, 3.05) is 6.54 Å². The molecule has 106 valence electrons. The summed E-state index contributed by atoms with van der Waals surface area (Å²) < 4.78 is 1.66. The number of carbonyl (C=O) groups is 1. The zero-order chi connectivity index (χ0) is 14.4. The number of benzene rings is 1. The van der Waals surface area contributed by atoms with Crippen LogP contribution in [0.4, 0.5) is 0 Å². The molecule has 0 aliphatic rings. The molecule has 1 aromatic carbocycles. The SMILES string of the molecule is Cc1cnn(CC(=O)NCCC(C)c2ccccc2)c1. The van der Waals surface area contributed by atoms with Gasteiger partial charge in [-0.15, -0.1) is 0 Å². The highest BCUT2D eigenvalue weighted by Crippen LogP contribution is 2.17. The fourth-order valence-corrected chi connectivity index (χ4v) is 2.13. The molecular weight excluding hydrogens is 250 g/mol. The first-order chi connectivity index (χ1) is 9.65. The summed E-state index contributed by atoms with van der Waals surface area (Å²) in [6.07, 6.45) is 4.56. The van der Waals surface area contributed by atoms with Gasteiger partial charge in [-0.05, 0) is 30.4 Å². The van der Waals surface area contributed by atoms with Gasteiger partial charge in [-0.3, -0.25) is 9.48 Å². The van der Waals surface area contributed by atoms with Crippen molar-refractivity contribution in [2.45, 2.75) is 32.7 Å². The van der Waals surface area contributed by atoms with Crippen LogP contribution in [0.25, 0.3) is 0 Å². The van der Waals surface area contributed by atoms with Gasteiger partial charge in [-0.1, -0.05) is 37.3 Å². The predicted octanol–water partition coefficient (Wildman–Crippen LogP) is 2.50. The van der Waals surface area contributed by atoms with E-state index in [4.69, 9.17) is 0 Å². The summed E-state index contributed by atoms with van der Waals surface area (Å²) in [6, 6.07) is 10.4. The molecule has 0 aliphatic carbocycles. The van der Waals surface area contributed by atoms with Crippen LogP contribution in [-0.2, 0) is 11.3 Å². The molecule has 1 unspecified atom stereocenters. The Kier molecular flexibility index (Phi) is 4.93. The predicted molar refractivity (Wildman–Crippen MR) is 79.4 cm³/mol. The number of hydrogen-bond acceptors (Lipinski definition) is 2. The normalized spacial score (nSPS) is 12.1. The minimum atomic E-state index is 0.00774. The van der Waals surface area contributed by atoms with Crippen LogP contribution in [0, 0.1) is 6.92 Å². The number of nitrogens with zero attached hydrogens (tertiary/aromatic N) is 2. The molecule has 0 aliphatic heterocycles. The first-order valence-corrected chi connectivity index (χ1v) is 6.96. The number of aromatic nitrogens is 2. The fourth-order valence-electron chi connectivity index (χ4n) is 2.13. The Morgan fingerprint density at radius 2 is 2.10 bits per heavy atom. The largest absolute Gasteiger partial charge is 0.354 e. The maximum atomic E-state index is 11.8. The van der Waals surface area contributed by atoms with E-state index in [0.29, 0.717) is 12.5 Å². The van der Waals surface area contributed by atoms with Crippen molar-refractivity contribution in [3.8, 4) is 0 Å². The quantitative estimate of drug-likeness (QED) is 0.877. The summed E-state index contributed by atoms with van der Waals surface area (Å²) in [4.78, 5) is 11.8. The van der Waals surface area contributed by atoms with Gasteiger partial charge in [0.25, 0.3) is 0 Å². The van der Waals surface area contributed by atoms with Crippen molar-refractivity contribution in [1.82, 2.24) is 15.1 Å². The summed E-state index contributed by atoms with van der Waals surface area (Å²) in [6.45, 7) is 5.12. The molecule has 0 saturated heterocycles. The van der Waals surface area contributed by atoms with E-state index in [1.807, 2.05) is 31.3 Å². The second-order valence-corrected chi connectivity index (χ2v) is 5.17. The van der Waals surface area contributed by atoms with Crippen molar-refractivity contribution >= 4 is 5.91 Å². The van der Waals surface area contributed by atoms with Crippen LogP contribution < -0.4 is 5.32 Å². The minimum Gasteiger partial charge on any atom is -0.354 e. The van der Waals surface area contributed by atoms with E-state index >= 15 is 0 Å². The number of nitrogens with one attached hydrogen (secondary N) is 1. The van der Waals surface area contributed by atoms with Crippen molar-refractivity contribution in [1.29, 1.82) is 0 Å². The molecule has 0 spiro atoms. The van der Waals surface area contributed by atoms with E-state index in [1.165, 1.54) is 5.56 Å². The number of carbonyl (C=O) groups excluding carboxylic acids is 1. The molecule has 4 nitrogen and oxygen atoms in total. The first kappa shape index (κ1) is 14.3. The second kappa shape index (κ2) is 6.89. The van der Waals surface area contributed by atoms with E-state index in [0.717, 1.165) is 12.0 Å². The highest BCUT2D eigenvalue weighted by Gasteiger charge is 2.07. The lowest BCUT2D eigenvalue weighted by molar-refractivity contribution is -0.121. The molecule has 1 aromatic heterocycles. The molecule has 1 N–H and O–H groups in total. The third-order valence-electron chi connectivity index (χ3n) is 3.34. The first-order valence-electron chi connectivity index (χ1n) is 6.96. The monoisotopic (exact) mass is 271 g/mol. The molecule has 1 heterocycles. The number of hydrogen-bond donors (Lipinski definition) is 1. The summed E-state index contributed by atoms with van der Waals surface area (Å²) in [5, 5.41) is 7.04. The van der Waals surface area contributed by atoms with Crippen LogP contribution in [0.3, 0.4) is 0 Å². The van der Waals surface area contributed by atoms with Gasteiger partial charge >= 0.3 is 0 Å². The summed E-state index contributed by atoms with van der Waals surface area (Å²) in [5.41, 5.74) is 2.37. The van der Waals surface area contributed by atoms with Gasteiger partial charge in [0, 0.05) is 12.7 Å². The molecular formula is C16H21N3O. The van der Waals surface area contributed by atoms with E-state index in [2.05, 4.69) is 29.5 Å². The molecule has 0 saturated carbocycles. The Balaban J connectivity index is 1.71. The third-order valence-corrected chi connectivity index (χ3v) is 3.34. The molecule has 2 aromatic rings. The Morgan fingerprint density at radius 1 is 1.35 bits per heavy atom. The molecule has 1 amide bonds. The van der Waals surface area contributed by atoms with Gasteiger partial charge in [0.1, 0.15) is 6.54 Å². The maximum absolute atomic E-state index is 11.8. The topological polar surface area (TPSA) is 46.9 Å². The minimum absolute atomic E-state index is 0.00774. The lowest BCUT2D eigenvalue weighted by Gasteiger charge is -2.12. The summed E-state index contributed by atoms with van der Waals surface area (Å²) >= 11 is 0. The Bertz CT molecular complexity index is 548. The fraction of sp³-hybridized carbons (Fsp3) is 0.375. The van der Waals surface area contributed by atoms with Crippen LogP contribution in [0.1, 0.15) is 30.4 Å². The molecule has 1 atom stereocenters. The van der Waals surface area contributed by atoms with E-state index in [-0.39, 0.29) is 12.5 Å². The lowest BCUT2D eigenvalue weighted by Crippen LogP contribution is -2.29. The smallest absolute Gasteiger partial charge is 0.241 e. The van der Waals surface area contributed by atoms with Crippen LogP contribution in [0.5, 0.6) is 0 Å². The zero-order valence-electron chi connectivity index (χ0n) is 12.0. The Morgan fingerprint density at radius 3 is 2.75 bits per heavy atom. The average molecular weight is 271 g/mol. The summed E-state index contributed by atoms with van der Waals surface area (Å²) in [5.74, 6) is 0.455. The number of amides is 1.